The number of nitrogens with one attached hydrogen (secondary N) is 1. The summed E-state index contributed by atoms with van der Waals surface area (Å²) in [5.74, 6) is -0.817. The lowest BCUT2D eigenvalue weighted by molar-refractivity contribution is -0.144. The highest BCUT2D eigenvalue weighted by atomic mass is 32.1. The summed E-state index contributed by atoms with van der Waals surface area (Å²) >= 11 is 1.53. The smallest absolute Gasteiger partial charge is 0.331 e. The molecule has 3 rings (SSSR count). The molecular formula is C21H23NO3S. The number of esters is 1. The molecule has 1 N–H and O–H groups in total. The predicted molar refractivity (Wildman–Crippen MR) is 104 cm³/mol. The van der Waals surface area contributed by atoms with Gasteiger partial charge in [-0.2, -0.15) is 0 Å². The summed E-state index contributed by atoms with van der Waals surface area (Å²) in [5.41, 5.74) is 3.90. The SMILES string of the molecule is C[C@H](NC(=O)COC(=O)/C=C/c1cccs1)c1ccc2c(c1)CCCC2. The number of hydrogen-bond donors (Lipinski definition) is 1. The Kier molecular flexibility index (Phi) is 6.23. The summed E-state index contributed by atoms with van der Waals surface area (Å²) in [6, 6.07) is 10.1. The van der Waals surface area contributed by atoms with Gasteiger partial charge in [0.2, 0.25) is 0 Å². The average Bonchev–Trinajstić information content (AvgIpc) is 3.18. The quantitative estimate of drug-likeness (QED) is 0.617. The van der Waals surface area contributed by atoms with Gasteiger partial charge in [0.1, 0.15) is 0 Å². The van der Waals surface area contributed by atoms with Crippen molar-refractivity contribution in [3.63, 3.8) is 0 Å². The van der Waals surface area contributed by atoms with Crippen LogP contribution in [0.5, 0.6) is 0 Å². The Morgan fingerprint density at radius 2 is 2.04 bits per heavy atom. The van der Waals surface area contributed by atoms with Gasteiger partial charge in [0.15, 0.2) is 6.61 Å². The zero-order valence-corrected chi connectivity index (χ0v) is 15.7. The van der Waals surface area contributed by atoms with Gasteiger partial charge >= 0.3 is 5.97 Å². The first-order valence-corrected chi connectivity index (χ1v) is 9.79. The van der Waals surface area contributed by atoms with Gasteiger partial charge in [-0.3, -0.25) is 4.79 Å². The van der Waals surface area contributed by atoms with Gasteiger partial charge in [-0.25, -0.2) is 4.79 Å². The number of carbonyl (C=O) groups is 2. The zero-order chi connectivity index (χ0) is 18.4. The topological polar surface area (TPSA) is 55.4 Å². The molecule has 26 heavy (non-hydrogen) atoms. The maximum Gasteiger partial charge on any atom is 0.331 e. The van der Waals surface area contributed by atoms with Gasteiger partial charge in [-0.15, -0.1) is 11.3 Å². The number of rotatable bonds is 6. The van der Waals surface area contributed by atoms with Crippen molar-refractivity contribution in [1.29, 1.82) is 0 Å². The minimum Gasteiger partial charge on any atom is -0.452 e. The molecule has 136 valence electrons. The first kappa shape index (κ1) is 18.4. The van der Waals surface area contributed by atoms with Crippen molar-refractivity contribution in [2.24, 2.45) is 0 Å². The van der Waals surface area contributed by atoms with E-state index in [9.17, 15) is 9.59 Å². The van der Waals surface area contributed by atoms with Crippen LogP contribution in [0.3, 0.4) is 0 Å². The predicted octanol–water partition coefficient (Wildman–Crippen LogP) is 4.06. The second kappa shape index (κ2) is 8.81. The van der Waals surface area contributed by atoms with Gasteiger partial charge in [0.25, 0.3) is 5.91 Å². The normalized spacial score (nSPS) is 14.7. The molecule has 0 fully saturated rings. The summed E-state index contributed by atoms with van der Waals surface area (Å²) in [4.78, 5) is 24.7. The fraction of sp³-hybridized carbons (Fsp3) is 0.333. The monoisotopic (exact) mass is 369 g/mol. The molecule has 0 aliphatic heterocycles. The van der Waals surface area contributed by atoms with Crippen LogP contribution in [0.1, 0.15) is 47.4 Å². The van der Waals surface area contributed by atoms with Gasteiger partial charge in [0, 0.05) is 11.0 Å². The first-order chi connectivity index (χ1) is 12.6. The summed E-state index contributed by atoms with van der Waals surface area (Å²) < 4.78 is 5.00. The standard InChI is InChI=1S/C21H23NO3S/c1-15(17-9-8-16-5-2-3-6-18(16)13-17)22-20(23)14-25-21(24)11-10-19-7-4-12-26-19/h4,7-13,15H,2-3,5-6,14H2,1H3,(H,22,23)/b11-10+/t15-/m0/s1. The second-order valence-electron chi connectivity index (χ2n) is 6.48. The number of aryl methyl sites for hydroxylation is 2. The van der Waals surface area contributed by atoms with E-state index in [0.717, 1.165) is 23.3 Å². The van der Waals surface area contributed by atoms with Crippen LogP contribution in [0.15, 0.2) is 41.8 Å². The van der Waals surface area contributed by atoms with Crippen molar-refractivity contribution >= 4 is 29.3 Å². The Balaban J connectivity index is 1.47. The molecule has 5 heteroatoms. The van der Waals surface area contributed by atoms with Crippen LogP contribution in [-0.2, 0) is 27.2 Å². The molecule has 1 aromatic heterocycles. The molecule has 0 unspecified atom stereocenters. The third-order valence-corrected chi connectivity index (χ3v) is 5.36. The van der Waals surface area contributed by atoms with Crippen molar-refractivity contribution in [1.82, 2.24) is 5.32 Å². The molecule has 1 aliphatic rings. The van der Waals surface area contributed by atoms with Crippen molar-refractivity contribution < 1.29 is 14.3 Å². The highest BCUT2D eigenvalue weighted by molar-refractivity contribution is 7.10. The average molecular weight is 369 g/mol. The van der Waals surface area contributed by atoms with Gasteiger partial charge in [-0.1, -0.05) is 24.3 Å². The molecule has 2 aromatic rings. The van der Waals surface area contributed by atoms with E-state index < -0.39 is 5.97 Å². The molecule has 1 heterocycles. The van der Waals surface area contributed by atoms with Gasteiger partial charge in [-0.05, 0) is 66.8 Å². The lowest BCUT2D eigenvalue weighted by Crippen LogP contribution is -2.31. The van der Waals surface area contributed by atoms with E-state index in [1.807, 2.05) is 24.4 Å². The Hall–Kier alpha value is -2.40. The van der Waals surface area contributed by atoms with E-state index in [1.54, 1.807) is 6.08 Å². The van der Waals surface area contributed by atoms with E-state index in [0.29, 0.717) is 0 Å². The van der Waals surface area contributed by atoms with Crippen LogP contribution in [0.4, 0.5) is 0 Å². The number of hydrogen-bond acceptors (Lipinski definition) is 4. The number of ether oxygens (including phenoxy) is 1. The Morgan fingerprint density at radius 1 is 1.23 bits per heavy atom. The molecule has 0 radical (unpaired) electrons. The molecule has 1 atom stereocenters. The number of benzene rings is 1. The van der Waals surface area contributed by atoms with E-state index in [1.165, 1.54) is 41.4 Å². The van der Waals surface area contributed by atoms with Crippen molar-refractivity contribution in [3.8, 4) is 0 Å². The zero-order valence-electron chi connectivity index (χ0n) is 14.9. The molecule has 0 saturated carbocycles. The van der Waals surface area contributed by atoms with Crippen molar-refractivity contribution in [2.45, 2.75) is 38.6 Å². The fourth-order valence-electron chi connectivity index (χ4n) is 3.11. The van der Waals surface area contributed by atoms with Crippen LogP contribution in [0.2, 0.25) is 0 Å². The summed E-state index contributed by atoms with van der Waals surface area (Å²) in [6.07, 6.45) is 7.76. The Morgan fingerprint density at radius 3 is 2.81 bits per heavy atom. The van der Waals surface area contributed by atoms with Crippen molar-refractivity contribution in [3.05, 3.63) is 63.4 Å². The summed E-state index contributed by atoms with van der Waals surface area (Å²) in [7, 11) is 0. The number of thiophene rings is 1. The Bertz CT molecular complexity index is 796. The third-order valence-electron chi connectivity index (χ3n) is 4.52. The van der Waals surface area contributed by atoms with Crippen LogP contribution in [0.25, 0.3) is 6.08 Å². The molecular weight excluding hydrogens is 346 g/mol. The van der Waals surface area contributed by atoms with Crippen LogP contribution in [0, 0.1) is 0 Å². The largest absolute Gasteiger partial charge is 0.452 e. The van der Waals surface area contributed by atoms with Gasteiger partial charge < -0.3 is 10.1 Å². The molecule has 1 aliphatic carbocycles. The van der Waals surface area contributed by atoms with E-state index in [-0.39, 0.29) is 18.6 Å². The fourth-order valence-corrected chi connectivity index (χ4v) is 3.73. The van der Waals surface area contributed by atoms with Crippen LogP contribution in [-0.4, -0.2) is 18.5 Å². The second-order valence-corrected chi connectivity index (χ2v) is 7.46. The lowest BCUT2D eigenvalue weighted by Gasteiger charge is -2.20. The molecule has 4 nitrogen and oxygen atoms in total. The molecule has 1 aromatic carbocycles. The number of carbonyl (C=O) groups excluding carboxylic acids is 2. The number of amides is 1. The summed E-state index contributed by atoms with van der Waals surface area (Å²) in [5, 5.41) is 4.82. The van der Waals surface area contributed by atoms with Crippen LogP contribution < -0.4 is 5.32 Å². The van der Waals surface area contributed by atoms with Crippen LogP contribution >= 0.6 is 11.3 Å². The highest BCUT2D eigenvalue weighted by Crippen LogP contribution is 2.24. The maximum atomic E-state index is 12.0. The lowest BCUT2D eigenvalue weighted by atomic mass is 9.89. The molecule has 0 spiro atoms. The molecule has 0 bridgehead atoms. The van der Waals surface area contributed by atoms with Crippen molar-refractivity contribution in [2.75, 3.05) is 6.61 Å². The molecule has 1 amide bonds. The first-order valence-electron chi connectivity index (χ1n) is 8.91. The van der Waals surface area contributed by atoms with E-state index >= 15 is 0 Å². The Labute approximate surface area is 157 Å². The number of fused-ring (bicyclic) bond motifs is 1. The third kappa shape index (κ3) is 5.05. The van der Waals surface area contributed by atoms with E-state index in [2.05, 4.69) is 23.5 Å². The van der Waals surface area contributed by atoms with E-state index in [4.69, 9.17) is 4.74 Å². The maximum absolute atomic E-state index is 12.0. The van der Waals surface area contributed by atoms with Gasteiger partial charge in [0.05, 0.1) is 6.04 Å². The minimum atomic E-state index is -0.519. The summed E-state index contributed by atoms with van der Waals surface area (Å²) in [6.45, 7) is 1.67. The highest BCUT2D eigenvalue weighted by Gasteiger charge is 2.14. The molecule has 0 saturated heterocycles. The minimum absolute atomic E-state index is 0.116.